The van der Waals surface area contributed by atoms with E-state index in [1.807, 2.05) is 24.3 Å². The molecule has 3 aromatic rings. The lowest BCUT2D eigenvalue weighted by Gasteiger charge is -2.27. The highest BCUT2D eigenvalue weighted by molar-refractivity contribution is 6.55. The highest BCUT2D eigenvalue weighted by Gasteiger charge is 2.31. The van der Waals surface area contributed by atoms with Gasteiger partial charge in [-0.2, -0.15) is 5.26 Å². The third kappa shape index (κ3) is 5.49. The molecular weight excluding hydrogens is 594 g/mol. The zero-order valence-corrected chi connectivity index (χ0v) is 23.7. The highest BCUT2D eigenvalue weighted by Crippen LogP contribution is 2.48. The van der Waals surface area contributed by atoms with Crippen LogP contribution in [0.2, 0.25) is 25.1 Å². The van der Waals surface area contributed by atoms with E-state index in [9.17, 15) is 10.1 Å². The van der Waals surface area contributed by atoms with Gasteiger partial charge < -0.3 is 19.9 Å². The molecule has 0 aliphatic carbocycles. The van der Waals surface area contributed by atoms with Crippen molar-refractivity contribution in [3.05, 3.63) is 95.7 Å². The standard InChI is InChI=1S/C27H19Cl5N2O4/c1-12(2)13-3-5-14(6-4-13)20-16-8-7-15(9-18(16)38-27(34)17(20)10-33)37-19(35)11-36-26-24(31)22(29)21(28)23(30)25(26)32/h3-9,12,20H,11,34H2,1-2H3. The molecule has 0 fully saturated rings. The van der Waals surface area contributed by atoms with Crippen LogP contribution in [0.3, 0.4) is 0 Å². The number of carbonyl (C=O) groups excluding carboxylic acids is 1. The first kappa shape index (κ1) is 28.2. The minimum Gasteiger partial charge on any atom is -0.479 e. The molecule has 11 heteroatoms. The van der Waals surface area contributed by atoms with Crippen LogP contribution < -0.4 is 19.9 Å². The number of ether oxygens (including phenoxy) is 3. The third-order valence-electron chi connectivity index (χ3n) is 5.86. The lowest BCUT2D eigenvalue weighted by Crippen LogP contribution is -2.22. The lowest BCUT2D eigenvalue weighted by molar-refractivity contribution is -0.136. The predicted molar refractivity (Wildman–Crippen MR) is 149 cm³/mol. The second-order valence-corrected chi connectivity index (χ2v) is 10.5. The van der Waals surface area contributed by atoms with Crippen molar-refractivity contribution in [2.75, 3.05) is 6.61 Å². The Morgan fingerprint density at radius 3 is 2.18 bits per heavy atom. The summed E-state index contributed by atoms with van der Waals surface area (Å²) in [5.41, 5.74) is 9.14. The Morgan fingerprint density at radius 1 is 1.00 bits per heavy atom. The molecule has 0 bridgehead atoms. The van der Waals surface area contributed by atoms with Gasteiger partial charge >= 0.3 is 5.97 Å². The van der Waals surface area contributed by atoms with Crippen molar-refractivity contribution < 1.29 is 19.0 Å². The number of rotatable bonds is 6. The minimum atomic E-state index is -0.767. The maximum Gasteiger partial charge on any atom is 0.349 e. The molecule has 1 unspecified atom stereocenters. The van der Waals surface area contributed by atoms with E-state index in [0.29, 0.717) is 22.8 Å². The van der Waals surface area contributed by atoms with Crippen molar-refractivity contribution in [1.29, 1.82) is 5.26 Å². The van der Waals surface area contributed by atoms with Crippen molar-refractivity contribution in [2.45, 2.75) is 25.7 Å². The van der Waals surface area contributed by atoms with Gasteiger partial charge in [-0.1, -0.05) is 102 Å². The molecule has 2 N–H and O–H groups in total. The summed E-state index contributed by atoms with van der Waals surface area (Å²) in [5, 5.41) is 9.44. The number of nitrogens with zero attached hydrogens (tertiary/aromatic N) is 1. The molecule has 0 saturated carbocycles. The Kier molecular flexibility index (Phi) is 8.56. The van der Waals surface area contributed by atoms with Crippen LogP contribution in [0.5, 0.6) is 17.2 Å². The summed E-state index contributed by atoms with van der Waals surface area (Å²) in [5.74, 6) is -0.447. The van der Waals surface area contributed by atoms with Crippen molar-refractivity contribution in [1.82, 2.24) is 0 Å². The summed E-state index contributed by atoms with van der Waals surface area (Å²) in [4.78, 5) is 12.5. The molecule has 0 radical (unpaired) electrons. The number of hydrogen-bond donors (Lipinski definition) is 1. The van der Waals surface area contributed by atoms with Gasteiger partial charge in [0.25, 0.3) is 0 Å². The Bertz CT molecular complexity index is 1470. The number of allylic oxidation sites excluding steroid dienone is 1. The van der Waals surface area contributed by atoms with Crippen molar-refractivity contribution in [2.24, 2.45) is 5.73 Å². The van der Waals surface area contributed by atoms with Crippen LogP contribution in [0, 0.1) is 11.3 Å². The smallest absolute Gasteiger partial charge is 0.349 e. The molecule has 6 nitrogen and oxygen atoms in total. The first-order valence-corrected chi connectivity index (χ1v) is 13.1. The van der Waals surface area contributed by atoms with Crippen LogP contribution in [0.4, 0.5) is 0 Å². The Morgan fingerprint density at radius 2 is 1.61 bits per heavy atom. The maximum absolute atomic E-state index is 12.5. The predicted octanol–water partition coefficient (Wildman–Crippen LogP) is 8.28. The fourth-order valence-corrected chi connectivity index (χ4v) is 5.15. The Balaban J connectivity index is 1.55. The van der Waals surface area contributed by atoms with E-state index in [1.165, 1.54) is 11.6 Å². The van der Waals surface area contributed by atoms with Crippen molar-refractivity contribution >= 4 is 64.0 Å². The van der Waals surface area contributed by atoms with E-state index in [1.54, 1.807) is 12.1 Å². The topological polar surface area (TPSA) is 94.6 Å². The molecular formula is C27H19Cl5N2O4. The molecule has 0 spiro atoms. The van der Waals surface area contributed by atoms with Gasteiger partial charge in [0, 0.05) is 11.6 Å². The lowest BCUT2D eigenvalue weighted by atomic mass is 9.83. The number of esters is 1. The van der Waals surface area contributed by atoms with Crippen LogP contribution in [0.15, 0.2) is 53.9 Å². The second-order valence-electron chi connectivity index (χ2n) is 8.61. The van der Waals surface area contributed by atoms with Gasteiger partial charge in [0.15, 0.2) is 12.4 Å². The fraction of sp³-hybridized carbons (Fsp3) is 0.185. The van der Waals surface area contributed by atoms with E-state index in [-0.39, 0.29) is 42.5 Å². The molecule has 0 amide bonds. The number of halogens is 5. The average molecular weight is 613 g/mol. The molecule has 1 heterocycles. The van der Waals surface area contributed by atoms with E-state index >= 15 is 0 Å². The molecule has 1 aliphatic heterocycles. The molecule has 1 aliphatic rings. The third-order valence-corrected chi connectivity index (χ3v) is 8.10. The van der Waals surface area contributed by atoms with Gasteiger partial charge in [0.05, 0.1) is 21.0 Å². The van der Waals surface area contributed by atoms with Crippen LogP contribution >= 0.6 is 58.0 Å². The Hall–Kier alpha value is -2.79. The van der Waals surface area contributed by atoms with Crippen LogP contribution in [-0.2, 0) is 4.79 Å². The highest BCUT2D eigenvalue weighted by atomic mass is 35.5. The van der Waals surface area contributed by atoms with Gasteiger partial charge in [0.1, 0.15) is 33.2 Å². The Labute approximate surface area is 244 Å². The normalized spacial score (nSPS) is 14.6. The van der Waals surface area contributed by atoms with Crippen LogP contribution in [-0.4, -0.2) is 12.6 Å². The number of nitriles is 1. The second kappa shape index (κ2) is 11.5. The van der Waals surface area contributed by atoms with Crippen LogP contribution in [0.1, 0.15) is 42.4 Å². The van der Waals surface area contributed by atoms with E-state index in [4.69, 9.17) is 77.9 Å². The van der Waals surface area contributed by atoms with Gasteiger partial charge in [-0.05, 0) is 23.1 Å². The zero-order chi connectivity index (χ0) is 27.7. The van der Waals surface area contributed by atoms with Gasteiger partial charge in [-0.15, -0.1) is 0 Å². The molecule has 196 valence electrons. The number of benzene rings is 3. The van der Waals surface area contributed by atoms with Gasteiger partial charge in [-0.25, -0.2) is 4.79 Å². The van der Waals surface area contributed by atoms with Crippen LogP contribution in [0.25, 0.3) is 0 Å². The summed E-state index contributed by atoms with van der Waals surface area (Å²) in [6.45, 7) is 3.65. The first-order chi connectivity index (χ1) is 18.0. The quantitative estimate of drug-likeness (QED) is 0.130. The van der Waals surface area contributed by atoms with E-state index in [0.717, 1.165) is 5.56 Å². The number of hydrogen-bond acceptors (Lipinski definition) is 6. The molecule has 38 heavy (non-hydrogen) atoms. The zero-order valence-electron chi connectivity index (χ0n) is 20.0. The largest absolute Gasteiger partial charge is 0.479 e. The summed E-state index contributed by atoms with van der Waals surface area (Å²) < 4.78 is 16.5. The van der Waals surface area contributed by atoms with Gasteiger partial charge in [-0.3, -0.25) is 0 Å². The summed E-state index contributed by atoms with van der Waals surface area (Å²) in [6, 6.07) is 15.0. The van der Waals surface area contributed by atoms with E-state index in [2.05, 4.69) is 19.9 Å². The molecule has 4 rings (SSSR count). The monoisotopic (exact) mass is 610 g/mol. The molecule has 0 saturated heterocycles. The molecule has 0 aromatic heterocycles. The number of nitrogens with two attached hydrogens (primary N) is 1. The molecule has 1 atom stereocenters. The minimum absolute atomic E-state index is 0.0227. The van der Waals surface area contributed by atoms with Crippen molar-refractivity contribution in [3.8, 4) is 23.3 Å². The number of carbonyl (C=O) groups is 1. The fourth-order valence-electron chi connectivity index (χ4n) is 3.92. The first-order valence-electron chi connectivity index (χ1n) is 11.2. The number of fused-ring (bicyclic) bond motifs is 1. The summed E-state index contributed by atoms with van der Waals surface area (Å²) in [7, 11) is 0. The van der Waals surface area contributed by atoms with Crippen molar-refractivity contribution in [3.63, 3.8) is 0 Å². The summed E-state index contributed by atoms with van der Waals surface area (Å²) in [6.07, 6.45) is 0. The van der Waals surface area contributed by atoms with Gasteiger partial charge in [0.2, 0.25) is 5.88 Å². The maximum atomic E-state index is 12.5. The SMILES string of the molecule is CC(C)c1ccc(C2C(C#N)=C(N)Oc3cc(OC(=O)COc4c(Cl)c(Cl)c(Cl)c(Cl)c4Cl)ccc32)cc1. The average Bonchev–Trinajstić information content (AvgIpc) is 2.90. The van der Waals surface area contributed by atoms with E-state index < -0.39 is 18.5 Å². The summed E-state index contributed by atoms with van der Waals surface area (Å²) >= 11 is 30.3. The molecule has 3 aromatic carbocycles.